The Labute approximate surface area is 256 Å². The lowest BCUT2D eigenvalue weighted by Gasteiger charge is -2.41. The minimum absolute atomic E-state index is 0.165. The standard InChI is InChI=1S/C32H35ClN6O4/c1-5-26(40)39-16-15-38(18-23(39)17-34-3)30-29-31(36-32(35-30)41-19-22-11-8-14-37(22)4)43-28(20(2)42-29)24-12-6-9-21-10-7-13-25(33)27(21)24/h5-7,9-10,12-13,20,22-23,28H,1,8,11,14-19H2,2,4H3/t20-,22-,23-,28?/m0/s1. The molecule has 0 radical (unpaired) electrons. The van der Waals surface area contributed by atoms with Crippen LogP contribution in [-0.4, -0.2) is 90.2 Å². The number of nitrogens with zero attached hydrogens (tertiary/aromatic N) is 6. The molecule has 1 amide bonds. The second-order valence-corrected chi connectivity index (χ2v) is 11.7. The summed E-state index contributed by atoms with van der Waals surface area (Å²) in [5.41, 5.74) is 0.908. The third kappa shape index (κ3) is 5.67. The molecule has 3 aliphatic heterocycles. The van der Waals surface area contributed by atoms with Crippen molar-refractivity contribution in [2.75, 3.05) is 51.3 Å². The third-order valence-electron chi connectivity index (χ3n) is 8.58. The van der Waals surface area contributed by atoms with Gasteiger partial charge < -0.3 is 33.8 Å². The van der Waals surface area contributed by atoms with Gasteiger partial charge in [-0.3, -0.25) is 4.79 Å². The van der Waals surface area contributed by atoms with Gasteiger partial charge in [-0.1, -0.05) is 48.5 Å². The van der Waals surface area contributed by atoms with E-state index in [0.717, 1.165) is 35.7 Å². The van der Waals surface area contributed by atoms with Crippen LogP contribution in [0.25, 0.3) is 15.6 Å². The topological polar surface area (TPSA) is 84.6 Å². The molecular formula is C32H35ClN6O4. The molecule has 43 heavy (non-hydrogen) atoms. The number of piperazine rings is 1. The van der Waals surface area contributed by atoms with E-state index in [9.17, 15) is 4.79 Å². The first-order chi connectivity index (χ1) is 20.9. The zero-order chi connectivity index (χ0) is 30.1. The fourth-order valence-electron chi connectivity index (χ4n) is 6.28. The second-order valence-electron chi connectivity index (χ2n) is 11.3. The Balaban J connectivity index is 1.37. The predicted molar refractivity (Wildman–Crippen MR) is 165 cm³/mol. The maximum atomic E-state index is 12.5. The van der Waals surface area contributed by atoms with Gasteiger partial charge >= 0.3 is 6.01 Å². The van der Waals surface area contributed by atoms with Crippen molar-refractivity contribution in [3.63, 3.8) is 0 Å². The monoisotopic (exact) mass is 602 g/mol. The second kappa shape index (κ2) is 12.3. The van der Waals surface area contributed by atoms with Crippen LogP contribution < -0.4 is 19.1 Å². The van der Waals surface area contributed by atoms with Crippen LogP contribution in [-0.2, 0) is 4.79 Å². The van der Waals surface area contributed by atoms with Crippen molar-refractivity contribution in [1.29, 1.82) is 0 Å². The van der Waals surface area contributed by atoms with Crippen molar-refractivity contribution < 1.29 is 19.0 Å². The maximum absolute atomic E-state index is 12.5. The Morgan fingerprint density at radius 2 is 2.00 bits per heavy atom. The number of hydrogen-bond acceptors (Lipinski definition) is 8. The number of likely N-dealkylation sites (tertiary alicyclic amines) is 1. The van der Waals surface area contributed by atoms with Crippen molar-refractivity contribution in [2.45, 2.75) is 44.1 Å². The van der Waals surface area contributed by atoms with Crippen LogP contribution in [0.4, 0.5) is 5.82 Å². The number of anilines is 1. The summed E-state index contributed by atoms with van der Waals surface area (Å²) in [5.74, 6) is 1.05. The zero-order valence-corrected chi connectivity index (χ0v) is 25.2. The predicted octanol–water partition coefficient (Wildman–Crippen LogP) is 4.78. The number of amides is 1. The number of aromatic nitrogens is 2. The van der Waals surface area contributed by atoms with Gasteiger partial charge in [-0.25, -0.2) is 6.57 Å². The Kier molecular flexibility index (Phi) is 8.28. The number of halogens is 1. The minimum atomic E-state index is -0.482. The number of fused-ring (bicyclic) bond motifs is 2. The Morgan fingerprint density at radius 3 is 2.74 bits per heavy atom. The Morgan fingerprint density at radius 1 is 1.19 bits per heavy atom. The summed E-state index contributed by atoms with van der Waals surface area (Å²) < 4.78 is 19.4. The van der Waals surface area contributed by atoms with Gasteiger partial charge in [0.15, 0.2) is 11.9 Å². The summed E-state index contributed by atoms with van der Waals surface area (Å²) in [7, 11) is 2.10. The van der Waals surface area contributed by atoms with Gasteiger partial charge in [0.2, 0.25) is 18.2 Å². The van der Waals surface area contributed by atoms with Gasteiger partial charge in [-0.15, -0.1) is 0 Å². The molecule has 3 aliphatic rings. The van der Waals surface area contributed by atoms with E-state index < -0.39 is 12.2 Å². The smallest absolute Gasteiger partial charge is 0.322 e. The summed E-state index contributed by atoms with van der Waals surface area (Å²) >= 11 is 6.67. The molecule has 3 aromatic rings. The Hall–Kier alpha value is -4.07. The summed E-state index contributed by atoms with van der Waals surface area (Å²) in [4.78, 5) is 31.7. The minimum Gasteiger partial charge on any atom is -0.478 e. The number of benzene rings is 2. The highest BCUT2D eigenvalue weighted by Crippen LogP contribution is 2.46. The van der Waals surface area contributed by atoms with Crippen molar-refractivity contribution in [1.82, 2.24) is 19.8 Å². The van der Waals surface area contributed by atoms with Crippen LogP contribution in [0.2, 0.25) is 5.02 Å². The number of likely N-dealkylation sites (N-methyl/N-ethyl adjacent to an activating group) is 1. The van der Waals surface area contributed by atoms with Gasteiger partial charge in [0.25, 0.3) is 5.88 Å². The fraction of sp³-hybridized carbons (Fsp3) is 0.438. The van der Waals surface area contributed by atoms with Crippen molar-refractivity contribution in [3.05, 3.63) is 71.1 Å². The lowest BCUT2D eigenvalue weighted by Crippen LogP contribution is -2.56. The first kappa shape index (κ1) is 29.0. The molecular weight excluding hydrogens is 568 g/mol. The molecule has 11 heteroatoms. The molecule has 1 unspecified atom stereocenters. The molecule has 0 N–H and O–H groups in total. The average molecular weight is 603 g/mol. The van der Waals surface area contributed by atoms with Crippen LogP contribution in [0, 0.1) is 6.57 Å². The van der Waals surface area contributed by atoms with Gasteiger partial charge in [0.05, 0.1) is 0 Å². The van der Waals surface area contributed by atoms with E-state index in [-0.39, 0.29) is 30.5 Å². The molecule has 224 valence electrons. The molecule has 6 rings (SSSR count). The van der Waals surface area contributed by atoms with Crippen molar-refractivity contribution in [3.8, 4) is 17.6 Å². The first-order valence-corrected chi connectivity index (χ1v) is 15.0. The highest BCUT2D eigenvalue weighted by atomic mass is 35.5. The number of ether oxygens (including phenoxy) is 3. The van der Waals surface area contributed by atoms with Gasteiger partial charge in [0, 0.05) is 41.6 Å². The van der Waals surface area contributed by atoms with Gasteiger partial charge in [-0.05, 0) is 50.9 Å². The number of carbonyl (C=O) groups excluding carboxylic acids is 1. The Bertz CT molecular complexity index is 1570. The van der Waals surface area contributed by atoms with Crippen LogP contribution in [0.15, 0.2) is 49.1 Å². The van der Waals surface area contributed by atoms with Gasteiger partial charge in [-0.2, -0.15) is 9.97 Å². The lowest BCUT2D eigenvalue weighted by atomic mass is 9.97. The molecule has 0 bridgehead atoms. The van der Waals surface area contributed by atoms with E-state index >= 15 is 0 Å². The molecule has 4 heterocycles. The highest BCUT2D eigenvalue weighted by molar-refractivity contribution is 6.35. The molecule has 2 aromatic carbocycles. The van der Waals surface area contributed by atoms with Crippen molar-refractivity contribution >= 4 is 34.1 Å². The summed E-state index contributed by atoms with van der Waals surface area (Å²) in [6.45, 7) is 16.0. The maximum Gasteiger partial charge on any atom is 0.322 e. The largest absolute Gasteiger partial charge is 0.478 e. The van der Waals surface area contributed by atoms with Crippen LogP contribution in [0.5, 0.6) is 17.6 Å². The molecule has 2 saturated heterocycles. The number of carbonyl (C=O) groups is 1. The molecule has 0 aliphatic carbocycles. The van der Waals surface area contributed by atoms with Gasteiger partial charge in [0.1, 0.15) is 18.8 Å². The van der Waals surface area contributed by atoms with E-state index in [4.69, 9.17) is 42.4 Å². The summed E-state index contributed by atoms with van der Waals surface area (Å²) in [6, 6.07) is 12.0. The van der Waals surface area contributed by atoms with Crippen LogP contribution in [0.3, 0.4) is 0 Å². The molecule has 2 fully saturated rings. The zero-order valence-electron chi connectivity index (χ0n) is 24.4. The van der Waals surface area contributed by atoms with E-state index in [2.05, 4.69) is 23.4 Å². The number of rotatable bonds is 7. The van der Waals surface area contributed by atoms with Crippen molar-refractivity contribution in [2.24, 2.45) is 0 Å². The molecule has 0 spiro atoms. The summed E-state index contributed by atoms with van der Waals surface area (Å²) in [6.07, 6.45) is 2.60. The summed E-state index contributed by atoms with van der Waals surface area (Å²) in [5, 5.41) is 2.56. The third-order valence-corrected chi connectivity index (χ3v) is 8.89. The van der Waals surface area contributed by atoms with E-state index in [1.165, 1.54) is 6.08 Å². The average Bonchev–Trinajstić information content (AvgIpc) is 3.43. The fourth-order valence-corrected chi connectivity index (χ4v) is 6.57. The molecule has 4 atom stereocenters. The van der Waals surface area contributed by atoms with Crippen LogP contribution >= 0.6 is 11.6 Å². The molecule has 1 aromatic heterocycles. The van der Waals surface area contributed by atoms with Crippen LogP contribution in [0.1, 0.15) is 31.4 Å². The SMILES string of the molecule is [C-]#[N+]C[C@H]1CN(c2nc(OC[C@@H]3CCCN3C)nc3c2O[C@@H](C)C(c2cccc4cccc(Cl)c24)O3)CCN1C(=O)C=C. The lowest BCUT2D eigenvalue weighted by molar-refractivity contribution is -0.128. The van der Waals surface area contributed by atoms with E-state index in [1.807, 2.05) is 48.2 Å². The normalized spacial score (nSPS) is 23.7. The molecule has 0 saturated carbocycles. The quantitative estimate of drug-likeness (QED) is 0.282. The van der Waals surface area contributed by atoms with E-state index in [1.54, 1.807) is 4.90 Å². The van der Waals surface area contributed by atoms with E-state index in [0.29, 0.717) is 48.7 Å². The first-order valence-electron chi connectivity index (χ1n) is 14.6. The highest BCUT2D eigenvalue weighted by Gasteiger charge is 2.39. The molecule has 10 nitrogen and oxygen atoms in total. The number of hydrogen-bond donors (Lipinski definition) is 0.